The number of Topliss-reactive ketones (excluding diaryl/α,β-unsaturated/α-hetero) is 1. The summed E-state index contributed by atoms with van der Waals surface area (Å²) in [6, 6.07) is 7.06. The number of rotatable bonds is 5. The number of hydrogen-bond donors (Lipinski definition) is 1. The molecule has 5 heteroatoms. The lowest BCUT2D eigenvalue weighted by Gasteiger charge is -2.40. The molecule has 0 spiro atoms. The van der Waals surface area contributed by atoms with E-state index in [4.69, 9.17) is 9.47 Å². The number of methoxy groups -OCH3 is 1. The van der Waals surface area contributed by atoms with Crippen molar-refractivity contribution in [1.29, 1.82) is 0 Å². The third-order valence-corrected chi connectivity index (χ3v) is 4.01. The van der Waals surface area contributed by atoms with Crippen LogP contribution in [0.3, 0.4) is 0 Å². The second-order valence-corrected chi connectivity index (χ2v) is 5.45. The molecule has 1 heterocycles. The van der Waals surface area contributed by atoms with Gasteiger partial charge in [-0.1, -0.05) is 0 Å². The molecule has 1 aromatic rings. The van der Waals surface area contributed by atoms with Crippen LogP contribution in [-0.4, -0.2) is 60.8 Å². The monoisotopic (exact) mass is 293 g/mol. The van der Waals surface area contributed by atoms with E-state index in [1.807, 2.05) is 13.8 Å². The van der Waals surface area contributed by atoms with Crippen molar-refractivity contribution in [2.45, 2.75) is 32.0 Å². The summed E-state index contributed by atoms with van der Waals surface area (Å²) in [7, 11) is 1.60. The molecule has 0 bridgehead atoms. The normalized spacial score (nSPS) is 24.6. The van der Waals surface area contributed by atoms with Crippen LogP contribution >= 0.6 is 0 Å². The summed E-state index contributed by atoms with van der Waals surface area (Å²) in [5, 5.41) is 9.24. The maximum atomic E-state index is 12.6. The molecule has 1 aliphatic rings. The number of ether oxygens (including phenoxy) is 2. The summed E-state index contributed by atoms with van der Waals surface area (Å²) in [5.74, 6) is 0.808. The Bertz CT molecular complexity index is 474. The first kappa shape index (κ1) is 15.9. The zero-order valence-electron chi connectivity index (χ0n) is 12.8. The molecule has 1 fully saturated rings. The summed E-state index contributed by atoms with van der Waals surface area (Å²) in [5.41, 5.74) is 0.669. The molecule has 1 saturated heterocycles. The molecule has 2 rings (SSSR count). The zero-order chi connectivity index (χ0) is 15.4. The summed E-state index contributed by atoms with van der Waals surface area (Å²) in [4.78, 5) is 14.7. The van der Waals surface area contributed by atoms with Gasteiger partial charge < -0.3 is 14.6 Å². The van der Waals surface area contributed by atoms with Crippen LogP contribution in [0.1, 0.15) is 24.2 Å². The fourth-order valence-electron chi connectivity index (χ4n) is 2.64. The maximum Gasteiger partial charge on any atom is 0.179 e. The fraction of sp³-hybridized carbons (Fsp3) is 0.562. The Hall–Kier alpha value is -1.43. The molecule has 0 aliphatic carbocycles. The van der Waals surface area contributed by atoms with Gasteiger partial charge in [0.1, 0.15) is 5.75 Å². The van der Waals surface area contributed by atoms with Crippen LogP contribution in [0.25, 0.3) is 0 Å². The van der Waals surface area contributed by atoms with Gasteiger partial charge in [0.25, 0.3) is 0 Å². The number of ketones is 1. The van der Waals surface area contributed by atoms with E-state index in [2.05, 4.69) is 4.90 Å². The average Bonchev–Trinajstić information content (AvgIpc) is 2.54. The predicted octanol–water partition coefficient (Wildman–Crippen LogP) is 1.35. The minimum atomic E-state index is -0.244. The molecular formula is C16H23NO4. The summed E-state index contributed by atoms with van der Waals surface area (Å²) < 4.78 is 10.6. The van der Waals surface area contributed by atoms with Gasteiger partial charge in [-0.2, -0.15) is 0 Å². The average molecular weight is 293 g/mol. The molecule has 0 amide bonds. The van der Waals surface area contributed by atoms with E-state index in [1.54, 1.807) is 31.4 Å². The van der Waals surface area contributed by atoms with Gasteiger partial charge >= 0.3 is 0 Å². The number of carbonyl (C=O) groups is 1. The molecule has 21 heavy (non-hydrogen) atoms. The van der Waals surface area contributed by atoms with Crippen molar-refractivity contribution >= 4 is 5.78 Å². The molecule has 1 N–H and O–H groups in total. The molecule has 3 unspecified atom stereocenters. The zero-order valence-corrected chi connectivity index (χ0v) is 12.8. The first-order valence-corrected chi connectivity index (χ1v) is 7.23. The van der Waals surface area contributed by atoms with Gasteiger partial charge in [0.2, 0.25) is 0 Å². The van der Waals surface area contributed by atoms with E-state index in [-0.39, 0.29) is 30.6 Å². The predicted molar refractivity (Wildman–Crippen MR) is 79.8 cm³/mol. The summed E-state index contributed by atoms with van der Waals surface area (Å²) in [6.07, 6.45) is -0.215. The highest BCUT2D eigenvalue weighted by molar-refractivity contribution is 6.00. The Balaban J connectivity index is 2.09. The lowest BCUT2D eigenvalue weighted by atomic mass is 10.0. The van der Waals surface area contributed by atoms with E-state index < -0.39 is 0 Å². The highest BCUT2D eigenvalue weighted by Gasteiger charge is 2.32. The van der Waals surface area contributed by atoms with Gasteiger partial charge in [0.05, 0.1) is 32.5 Å². The quantitative estimate of drug-likeness (QED) is 0.830. The minimum absolute atomic E-state index is 0.0212. The van der Waals surface area contributed by atoms with E-state index >= 15 is 0 Å². The van der Waals surface area contributed by atoms with Gasteiger partial charge in [0.15, 0.2) is 5.78 Å². The molecule has 116 valence electrons. The highest BCUT2D eigenvalue weighted by atomic mass is 16.5. The second-order valence-electron chi connectivity index (χ2n) is 5.45. The Morgan fingerprint density at radius 2 is 2.14 bits per heavy atom. The van der Waals surface area contributed by atoms with E-state index in [9.17, 15) is 9.90 Å². The van der Waals surface area contributed by atoms with Crippen LogP contribution in [0.5, 0.6) is 5.75 Å². The molecule has 0 saturated carbocycles. The number of aliphatic hydroxyl groups excluding tert-OH is 1. The first-order valence-electron chi connectivity index (χ1n) is 7.23. The first-order chi connectivity index (χ1) is 10.1. The summed E-state index contributed by atoms with van der Waals surface area (Å²) in [6.45, 7) is 5.02. The van der Waals surface area contributed by atoms with Crippen molar-refractivity contribution in [3.05, 3.63) is 29.8 Å². The molecule has 1 aromatic carbocycles. The van der Waals surface area contributed by atoms with E-state index in [0.717, 1.165) is 5.75 Å². The number of carbonyl (C=O) groups excluding carboxylic acids is 1. The molecular weight excluding hydrogens is 270 g/mol. The Morgan fingerprint density at radius 1 is 1.48 bits per heavy atom. The topological polar surface area (TPSA) is 59.0 Å². The Morgan fingerprint density at radius 3 is 2.71 bits per heavy atom. The SMILES string of the molecule is COc1ccc(C(=O)C(C)N2CC(CO)OCC2C)cc1. The minimum Gasteiger partial charge on any atom is -0.497 e. The second kappa shape index (κ2) is 7.02. The third kappa shape index (κ3) is 3.61. The smallest absolute Gasteiger partial charge is 0.179 e. The lowest BCUT2D eigenvalue weighted by molar-refractivity contribution is -0.0846. The molecule has 3 atom stereocenters. The van der Waals surface area contributed by atoms with Crippen LogP contribution in [0.2, 0.25) is 0 Å². The van der Waals surface area contributed by atoms with Crippen molar-refractivity contribution in [3.63, 3.8) is 0 Å². The molecule has 5 nitrogen and oxygen atoms in total. The summed E-state index contributed by atoms with van der Waals surface area (Å²) >= 11 is 0. The van der Waals surface area contributed by atoms with Crippen LogP contribution in [0.4, 0.5) is 0 Å². The van der Waals surface area contributed by atoms with Gasteiger partial charge in [-0.3, -0.25) is 9.69 Å². The van der Waals surface area contributed by atoms with Crippen LogP contribution in [-0.2, 0) is 4.74 Å². The third-order valence-electron chi connectivity index (χ3n) is 4.01. The van der Waals surface area contributed by atoms with E-state index in [0.29, 0.717) is 18.7 Å². The van der Waals surface area contributed by atoms with Crippen LogP contribution < -0.4 is 4.74 Å². The van der Waals surface area contributed by atoms with Crippen molar-refractivity contribution in [2.75, 3.05) is 26.9 Å². The maximum absolute atomic E-state index is 12.6. The molecule has 1 aliphatic heterocycles. The number of morpholine rings is 1. The Labute approximate surface area is 125 Å². The van der Waals surface area contributed by atoms with Crippen molar-refractivity contribution < 1.29 is 19.4 Å². The lowest BCUT2D eigenvalue weighted by Crippen LogP contribution is -2.55. The highest BCUT2D eigenvalue weighted by Crippen LogP contribution is 2.19. The standard InChI is InChI=1S/C16H23NO4/c1-11-10-21-15(9-18)8-17(11)12(2)16(19)13-4-6-14(20-3)7-5-13/h4-7,11-12,15,18H,8-10H2,1-3H3. The van der Waals surface area contributed by atoms with Gasteiger partial charge in [-0.25, -0.2) is 0 Å². The van der Waals surface area contributed by atoms with Crippen molar-refractivity contribution in [3.8, 4) is 5.75 Å². The Kier molecular flexibility index (Phi) is 5.33. The largest absolute Gasteiger partial charge is 0.497 e. The van der Waals surface area contributed by atoms with Gasteiger partial charge in [-0.15, -0.1) is 0 Å². The molecule has 0 aromatic heterocycles. The fourth-order valence-corrected chi connectivity index (χ4v) is 2.64. The number of nitrogens with zero attached hydrogens (tertiary/aromatic N) is 1. The van der Waals surface area contributed by atoms with Crippen LogP contribution in [0.15, 0.2) is 24.3 Å². The number of aliphatic hydroxyl groups is 1. The van der Waals surface area contributed by atoms with Gasteiger partial charge in [-0.05, 0) is 38.1 Å². The molecule has 0 radical (unpaired) electrons. The van der Waals surface area contributed by atoms with Crippen molar-refractivity contribution in [1.82, 2.24) is 4.90 Å². The van der Waals surface area contributed by atoms with E-state index in [1.165, 1.54) is 0 Å². The van der Waals surface area contributed by atoms with Crippen molar-refractivity contribution in [2.24, 2.45) is 0 Å². The number of hydrogen-bond acceptors (Lipinski definition) is 5. The number of benzene rings is 1. The van der Waals surface area contributed by atoms with Gasteiger partial charge in [0, 0.05) is 18.2 Å². The van der Waals surface area contributed by atoms with Crippen LogP contribution in [0, 0.1) is 0 Å².